The van der Waals surface area contributed by atoms with E-state index in [4.69, 9.17) is 30.5 Å². The van der Waals surface area contributed by atoms with Gasteiger partial charge in [0.05, 0.1) is 30.0 Å². The molecule has 4 aromatic rings. The first-order chi connectivity index (χ1) is 16.1. The lowest BCUT2D eigenvalue weighted by molar-refractivity contribution is 0.0376. The van der Waals surface area contributed by atoms with Gasteiger partial charge in [0.1, 0.15) is 5.52 Å². The number of anilines is 1. The van der Waals surface area contributed by atoms with Crippen molar-refractivity contribution in [1.29, 1.82) is 0 Å². The quantitative estimate of drug-likeness (QED) is 0.320. The second kappa shape index (κ2) is 10.9. The minimum atomic E-state index is -0.231. The van der Waals surface area contributed by atoms with Crippen molar-refractivity contribution < 1.29 is 18.7 Å². The predicted octanol–water partition coefficient (Wildman–Crippen LogP) is 5.50. The number of benzene rings is 2. The van der Waals surface area contributed by atoms with E-state index >= 15 is 0 Å². The van der Waals surface area contributed by atoms with Crippen molar-refractivity contribution in [2.75, 3.05) is 51.4 Å². The molecule has 1 aliphatic heterocycles. The zero-order valence-corrected chi connectivity index (χ0v) is 21.0. The van der Waals surface area contributed by atoms with Crippen LogP contribution in [-0.2, 0) is 4.74 Å². The maximum absolute atomic E-state index is 13.6. The zero-order valence-electron chi connectivity index (χ0n) is 18.7. The number of rotatable bonds is 7. The van der Waals surface area contributed by atoms with Crippen LogP contribution in [0.3, 0.4) is 0 Å². The second-order valence-corrected chi connectivity index (χ2v) is 9.25. The highest BCUT2D eigenvalue weighted by molar-refractivity contribution is 7.22. The number of thiazole rings is 1. The fourth-order valence-electron chi connectivity index (χ4n) is 4.02. The maximum atomic E-state index is 13.6. The monoisotopic (exact) mass is 521 g/mol. The Balaban J connectivity index is 0.00000274. The first-order valence-electron chi connectivity index (χ1n) is 10.9. The molecule has 10 heteroatoms. The Morgan fingerprint density at radius 2 is 2.03 bits per heavy atom. The summed E-state index contributed by atoms with van der Waals surface area (Å²) in [5, 5.41) is 2.00. The van der Waals surface area contributed by atoms with Crippen molar-refractivity contribution >= 4 is 67.6 Å². The molecule has 0 spiro atoms. The van der Waals surface area contributed by atoms with Crippen LogP contribution in [0.4, 0.5) is 5.13 Å². The minimum Gasteiger partial charge on any atom is -0.493 e. The van der Waals surface area contributed by atoms with Crippen molar-refractivity contribution in [2.45, 2.75) is 6.42 Å². The van der Waals surface area contributed by atoms with Gasteiger partial charge >= 0.3 is 0 Å². The van der Waals surface area contributed by atoms with Crippen molar-refractivity contribution in [1.82, 2.24) is 9.88 Å². The lowest BCUT2D eigenvalue weighted by atomic mass is 10.2. The Bertz CT molecular complexity index is 1290. The number of fused-ring (bicyclic) bond motifs is 2. The Morgan fingerprint density at radius 1 is 1.24 bits per heavy atom. The van der Waals surface area contributed by atoms with Crippen molar-refractivity contribution in [3.8, 4) is 5.75 Å². The average molecular weight is 522 g/mol. The standard InChI is InChI=1S/C24H24ClN3O4S.ClH/c1-30-18-7-2-5-16-15-19(32-22(16)18)23(29)28(10-4-9-27-11-13-31-14-12-27)24-26-21-17(25)6-3-8-20(21)33-24;/h2-3,5-8,15H,4,9-14H2,1H3;1H. The summed E-state index contributed by atoms with van der Waals surface area (Å²) in [5.41, 5.74) is 1.26. The molecule has 0 radical (unpaired) electrons. The lowest BCUT2D eigenvalue weighted by Gasteiger charge is -2.27. The molecular formula is C24H25Cl2N3O4S. The second-order valence-electron chi connectivity index (χ2n) is 7.84. The van der Waals surface area contributed by atoms with Crippen LogP contribution in [0, 0.1) is 0 Å². The molecule has 1 saturated heterocycles. The van der Waals surface area contributed by atoms with E-state index in [1.54, 1.807) is 18.1 Å². The molecule has 0 saturated carbocycles. The first-order valence-corrected chi connectivity index (χ1v) is 12.1. The molecule has 34 heavy (non-hydrogen) atoms. The Kier molecular flexibility index (Phi) is 7.95. The van der Waals surface area contributed by atoms with Crippen LogP contribution in [0.15, 0.2) is 46.9 Å². The number of amides is 1. The summed E-state index contributed by atoms with van der Waals surface area (Å²) < 4.78 is 17.7. The molecule has 1 amide bonds. The smallest absolute Gasteiger partial charge is 0.295 e. The van der Waals surface area contributed by atoms with E-state index in [1.807, 2.05) is 36.4 Å². The van der Waals surface area contributed by atoms with Crippen LogP contribution in [0.5, 0.6) is 5.75 Å². The number of hydrogen-bond acceptors (Lipinski definition) is 7. The molecule has 180 valence electrons. The lowest BCUT2D eigenvalue weighted by Crippen LogP contribution is -2.39. The van der Waals surface area contributed by atoms with E-state index in [1.165, 1.54) is 11.3 Å². The van der Waals surface area contributed by atoms with Gasteiger partial charge in [0.25, 0.3) is 5.91 Å². The maximum Gasteiger partial charge on any atom is 0.295 e. The van der Waals surface area contributed by atoms with Crippen LogP contribution in [0.25, 0.3) is 21.2 Å². The number of hydrogen-bond donors (Lipinski definition) is 0. The minimum absolute atomic E-state index is 0. The topological polar surface area (TPSA) is 68.0 Å². The number of morpholine rings is 1. The number of nitrogens with zero attached hydrogens (tertiary/aromatic N) is 3. The number of methoxy groups -OCH3 is 1. The van der Waals surface area contributed by atoms with Crippen LogP contribution in [-0.4, -0.2) is 62.3 Å². The molecule has 0 atom stereocenters. The highest BCUT2D eigenvalue weighted by Gasteiger charge is 2.25. The van der Waals surface area contributed by atoms with E-state index in [0.29, 0.717) is 33.5 Å². The Hall–Kier alpha value is -2.36. The van der Waals surface area contributed by atoms with Gasteiger partial charge in [-0.2, -0.15) is 0 Å². The number of carbonyl (C=O) groups is 1. The van der Waals surface area contributed by atoms with E-state index in [9.17, 15) is 4.79 Å². The van der Waals surface area contributed by atoms with Crippen molar-refractivity contribution in [2.24, 2.45) is 0 Å². The number of para-hydroxylation sites is 2. The molecule has 2 aromatic carbocycles. The molecule has 0 aliphatic carbocycles. The predicted molar refractivity (Wildman–Crippen MR) is 138 cm³/mol. The highest BCUT2D eigenvalue weighted by Crippen LogP contribution is 2.35. The SMILES string of the molecule is COc1cccc2cc(C(=O)N(CCCN3CCOCC3)c3nc4c(Cl)cccc4s3)oc12.Cl. The van der Waals surface area contributed by atoms with Crippen molar-refractivity contribution in [3.05, 3.63) is 53.2 Å². The van der Waals surface area contributed by atoms with Crippen molar-refractivity contribution in [3.63, 3.8) is 0 Å². The summed E-state index contributed by atoms with van der Waals surface area (Å²) in [5.74, 6) is 0.619. The summed E-state index contributed by atoms with van der Waals surface area (Å²) >= 11 is 7.81. The van der Waals surface area contributed by atoms with Gasteiger partial charge in [0.2, 0.25) is 0 Å². The fraction of sp³-hybridized carbons (Fsp3) is 0.333. The van der Waals surface area contributed by atoms with Gasteiger partial charge < -0.3 is 13.9 Å². The van der Waals surface area contributed by atoms with E-state index in [0.717, 1.165) is 49.4 Å². The summed E-state index contributed by atoms with van der Waals surface area (Å²) in [6.45, 7) is 4.72. The molecule has 1 aliphatic rings. The molecule has 0 N–H and O–H groups in total. The summed E-state index contributed by atoms with van der Waals surface area (Å²) in [6.07, 6.45) is 0.805. The molecule has 1 fully saturated rings. The molecule has 0 bridgehead atoms. The largest absolute Gasteiger partial charge is 0.493 e. The molecule has 5 rings (SSSR count). The van der Waals surface area contributed by atoms with E-state index in [-0.39, 0.29) is 24.1 Å². The van der Waals surface area contributed by atoms with Gasteiger partial charge in [-0.3, -0.25) is 14.6 Å². The van der Waals surface area contributed by atoms with Crippen LogP contribution >= 0.6 is 35.3 Å². The van der Waals surface area contributed by atoms with Gasteiger partial charge in [-0.05, 0) is 30.7 Å². The molecule has 0 unspecified atom stereocenters. The van der Waals surface area contributed by atoms with Crippen LogP contribution < -0.4 is 9.64 Å². The summed E-state index contributed by atoms with van der Waals surface area (Å²) in [6, 6.07) is 13.0. The van der Waals surface area contributed by atoms with Gasteiger partial charge in [0, 0.05) is 31.6 Å². The normalized spacial score (nSPS) is 14.3. The third-order valence-electron chi connectivity index (χ3n) is 5.73. The number of halogens is 2. The van der Waals surface area contributed by atoms with Crippen LogP contribution in [0.2, 0.25) is 5.02 Å². The Morgan fingerprint density at radius 3 is 2.79 bits per heavy atom. The van der Waals surface area contributed by atoms with Gasteiger partial charge in [0.15, 0.2) is 22.2 Å². The average Bonchev–Trinajstić information content (AvgIpc) is 3.47. The Labute approximate surface area is 212 Å². The third kappa shape index (κ3) is 5.01. The molecular weight excluding hydrogens is 497 g/mol. The first kappa shape index (κ1) is 24.8. The summed E-state index contributed by atoms with van der Waals surface area (Å²) in [4.78, 5) is 22.4. The van der Waals surface area contributed by atoms with E-state index < -0.39 is 0 Å². The van der Waals surface area contributed by atoms with Gasteiger partial charge in [-0.15, -0.1) is 12.4 Å². The van der Waals surface area contributed by atoms with Crippen LogP contribution in [0.1, 0.15) is 17.0 Å². The fourth-order valence-corrected chi connectivity index (χ4v) is 5.31. The summed E-state index contributed by atoms with van der Waals surface area (Å²) in [7, 11) is 1.58. The number of carbonyl (C=O) groups excluding carboxylic acids is 1. The zero-order chi connectivity index (χ0) is 22.8. The number of furan rings is 1. The van der Waals surface area contributed by atoms with E-state index in [2.05, 4.69) is 4.90 Å². The van der Waals surface area contributed by atoms with Gasteiger partial charge in [-0.25, -0.2) is 4.98 Å². The molecule has 2 aromatic heterocycles. The number of aromatic nitrogens is 1. The number of ether oxygens (including phenoxy) is 2. The highest BCUT2D eigenvalue weighted by atomic mass is 35.5. The third-order valence-corrected chi connectivity index (χ3v) is 7.08. The molecule has 3 heterocycles. The molecule has 7 nitrogen and oxygen atoms in total. The van der Waals surface area contributed by atoms with Gasteiger partial charge in [-0.1, -0.05) is 41.1 Å².